The number of carbonyl (C=O) groups is 1. The number of esters is 1. The van der Waals surface area contributed by atoms with Gasteiger partial charge in [-0.05, 0) is 25.1 Å². The van der Waals surface area contributed by atoms with Crippen LogP contribution in [-0.4, -0.2) is 19.1 Å². The van der Waals surface area contributed by atoms with Crippen molar-refractivity contribution >= 4 is 12.0 Å². The molecule has 0 saturated heterocycles. The van der Waals surface area contributed by atoms with E-state index in [1.165, 1.54) is 7.11 Å². The number of nitrogens with two attached hydrogens (primary N) is 1. The quantitative estimate of drug-likeness (QED) is 0.815. The maximum Gasteiger partial charge on any atom is 0.323 e. The Morgan fingerprint density at radius 3 is 2.71 bits per heavy atom. The van der Waals surface area contributed by atoms with Crippen LogP contribution in [0.4, 0.5) is 0 Å². The predicted octanol–water partition coefficient (Wildman–Crippen LogP) is 2.21. The molecule has 94 valence electrons. The fraction of sp³-hybridized carbons (Fsp3) is 0.462. The largest absolute Gasteiger partial charge is 0.468 e. The van der Waals surface area contributed by atoms with Crippen molar-refractivity contribution in [3.63, 3.8) is 0 Å². The predicted molar refractivity (Wildman–Crippen MR) is 66.1 cm³/mol. The minimum absolute atomic E-state index is 0.415. The highest BCUT2D eigenvalue weighted by molar-refractivity contribution is 5.77. The summed E-state index contributed by atoms with van der Waals surface area (Å²) in [4.78, 5) is 11.5. The highest BCUT2D eigenvalue weighted by Gasteiger charge is 2.34. The second-order valence-corrected chi connectivity index (χ2v) is 4.57. The van der Waals surface area contributed by atoms with Gasteiger partial charge in [0.15, 0.2) is 0 Å². The molecular formula is C13H19NO3. The van der Waals surface area contributed by atoms with Crippen molar-refractivity contribution in [2.24, 2.45) is 11.1 Å². The first-order valence-corrected chi connectivity index (χ1v) is 5.45. The van der Waals surface area contributed by atoms with Gasteiger partial charge in [-0.25, -0.2) is 0 Å². The third-order valence-corrected chi connectivity index (χ3v) is 3.15. The van der Waals surface area contributed by atoms with E-state index in [1.54, 1.807) is 6.26 Å². The summed E-state index contributed by atoms with van der Waals surface area (Å²) in [6, 6.07) is 2.97. The molecule has 0 aliphatic rings. The third-order valence-electron chi connectivity index (χ3n) is 3.15. The van der Waals surface area contributed by atoms with Gasteiger partial charge in [0.1, 0.15) is 11.8 Å². The Morgan fingerprint density at radius 2 is 2.24 bits per heavy atom. The van der Waals surface area contributed by atoms with Gasteiger partial charge in [-0.3, -0.25) is 4.79 Å². The summed E-state index contributed by atoms with van der Waals surface area (Å²) < 4.78 is 9.90. The molecule has 1 aromatic heterocycles. The van der Waals surface area contributed by atoms with Gasteiger partial charge in [0, 0.05) is 5.41 Å². The van der Waals surface area contributed by atoms with Gasteiger partial charge in [-0.1, -0.05) is 19.4 Å². The van der Waals surface area contributed by atoms with Crippen molar-refractivity contribution in [3.8, 4) is 0 Å². The summed E-state index contributed by atoms with van der Waals surface area (Å²) in [6.45, 7) is 5.73. The zero-order valence-corrected chi connectivity index (χ0v) is 10.7. The molecule has 0 spiro atoms. The van der Waals surface area contributed by atoms with Crippen molar-refractivity contribution in [1.82, 2.24) is 0 Å². The van der Waals surface area contributed by atoms with Crippen LogP contribution in [0.25, 0.3) is 6.08 Å². The lowest BCUT2D eigenvalue weighted by atomic mass is 9.78. The summed E-state index contributed by atoms with van der Waals surface area (Å²) in [5, 5.41) is 0. The average Bonchev–Trinajstić information content (AvgIpc) is 2.79. The Bertz CT molecular complexity index is 404. The summed E-state index contributed by atoms with van der Waals surface area (Å²) in [6.07, 6.45) is 3.48. The van der Waals surface area contributed by atoms with Gasteiger partial charge < -0.3 is 14.9 Å². The van der Waals surface area contributed by atoms with E-state index in [0.717, 1.165) is 11.3 Å². The van der Waals surface area contributed by atoms with Crippen molar-refractivity contribution in [2.45, 2.75) is 26.8 Å². The number of methoxy groups -OCH3 is 1. The molecule has 1 rings (SSSR count). The molecule has 0 aliphatic heterocycles. The van der Waals surface area contributed by atoms with Crippen LogP contribution in [0.1, 0.15) is 26.5 Å². The van der Waals surface area contributed by atoms with Gasteiger partial charge in [0.05, 0.1) is 13.4 Å². The minimum Gasteiger partial charge on any atom is -0.468 e. The third kappa shape index (κ3) is 2.97. The van der Waals surface area contributed by atoms with E-state index in [0.29, 0.717) is 0 Å². The standard InChI is InChI=1S/C13H19NO3/c1-9(8-10-6-5-7-17-10)13(2,3)11(14)12(15)16-4/h5-8,11H,14H2,1-4H3/b9-8+. The molecule has 0 radical (unpaired) electrons. The molecule has 0 saturated carbocycles. The normalized spacial score (nSPS) is 14.5. The summed E-state index contributed by atoms with van der Waals surface area (Å²) in [7, 11) is 1.34. The zero-order valence-electron chi connectivity index (χ0n) is 10.7. The molecular weight excluding hydrogens is 218 g/mol. The van der Waals surface area contributed by atoms with Crippen LogP contribution < -0.4 is 5.73 Å². The van der Waals surface area contributed by atoms with E-state index in [9.17, 15) is 4.79 Å². The van der Waals surface area contributed by atoms with E-state index in [1.807, 2.05) is 39.0 Å². The second-order valence-electron chi connectivity index (χ2n) is 4.57. The van der Waals surface area contributed by atoms with Crippen LogP contribution in [0, 0.1) is 5.41 Å². The topological polar surface area (TPSA) is 65.5 Å². The zero-order chi connectivity index (χ0) is 13.1. The first-order chi connectivity index (χ1) is 7.89. The maximum atomic E-state index is 11.5. The first kappa shape index (κ1) is 13.5. The van der Waals surface area contributed by atoms with Crippen molar-refractivity contribution in [1.29, 1.82) is 0 Å². The fourth-order valence-electron chi connectivity index (χ4n) is 1.44. The Labute approximate surface area is 101 Å². The number of rotatable bonds is 4. The van der Waals surface area contributed by atoms with Crippen LogP contribution in [-0.2, 0) is 9.53 Å². The monoisotopic (exact) mass is 237 g/mol. The molecule has 0 aromatic carbocycles. The average molecular weight is 237 g/mol. The lowest BCUT2D eigenvalue weighted by Crippen LogP contribution is -2.45. The Morgan fingerprint density at radius 1 is 1.59 bits per heavy atom. The van der Waals surface area contributed by atoms with Crippen LogP contribution >= 0.6 is 0 Å². The van der Waals surface area contributed by atoms with Crippen LogP contribution in [0.5, 0.6) is 0 Å². The highest BCUT2D eigenvalue weighted by atomic mass is 16.5. The number of ether oxygens (including phenoxy) is 1. The number of hydrogen-bond donors (Lipinski definition) is 1. The first-order valence-electron chi connectivity index (χ1n) is 5.45. The van der Waals surface area contributed by atoms with Crippen molar-refractivity contribution in [3.05, 3.63) is 29.7 Å². The van der Waals surface area contributed by atoms with Gasteiger partial charge >= 0.3 is 5.97 Å². The summed E-state index contributed by atoms with van der Waals surface area (Å²) >= 11 is 0. The summed E-state index contributed by atoms with van der Waals surface area (Å²) in [5.74, 6) is 0.329. The van der Waals surface area contributed by atoms with Crippen molar-refractivity contribution < 1.29 is 13.9 Å². The number of carbonyl (C=O) groups excluding carboxylic acids is 1. The highest BCUT2D eigenvalue weighted by Crippen LogP contribution is 2.31. The second kappa shape index (κ2) is 5.19. The molecule has 2 N–H and O–H groups in total. The molecule has 0 fully saturated rings. The molecule has 1 atom stereocenters. The number of furan rings is 1. The Hall–Kier alpha value is -1.55. The molecule has 1 heterocycles. The van der Waals surface area contributed by atoms with Gasteiger partial charge in [0.25, 0.3) is 0 Å². The van der Waals surface area contributed by atoms with Crippen LogP contribution in [0.3, 0.4) is 0 Å². The summed E-state index contributed by atoms with van der Waals surface area (Å²) in [5.41, 5.74) is 6.37. The van der Waals surface area contributed by atoms with E-state index in [2.05, 4.69) is 4.74 Å². The van der Waals surface area contributed by atoms with E-state index in [-0.39, 0.29) is 0 Å². The lowest BCUT2D eigenvalue weighted by molar-refractivity contribution is -0.144. The maximum absolute atomic E-state index is 11.5. The van der Waals surface area contributed by atoms with E-state index >= 15 is 0 Å². The molecule has 4 heteroatoms. The van der Waals surface area contributed by atoms with E-state index in [4.69, 9.17) is 10.2 Å². The minimum atomic E-state index is -0.696. The molecule has 0 bridgehead atoms. The molecule has 0 amide bonds. The van der Waals surface area contributed by atoms with Crippen molar-refractivity contribution in [2.75, 3.05) is 7.11 Å². The molecule has 1 aromatic rings. The molecule has 17 heavy (non-hydrogen) atoms. The molecule has 0 aliphatic carbocycles. The lowest BCUT2D eigenvalue weighted by Gasteiger charge is -2.30. The SMILES string of the molecule is COC(=O)C(N)C(C)(C)/C(C)=C/c1ccco1. The van der Waals surface area contributed by atoms with Gasteiger partial charge in [-0.2, -0.15) is 0 Å². The van der Waals surface area contributed by atoms with Gasteiger partial charge in [0.2, 0.25) is 0 Å². The van der Waals surface area contributed by atoms with Crippen LogP contribution in [0.2, 0.25) is 0 Å². The Balaban J connectivity index is 2.93. The van der Waals surface area contributed by atoms with Gasteiger partial charge in [-0.15, -0.1) is 0 Å². The molecule has 1 unspecified atom stereocenters. The molecule has 4 nitrogen and oxygen atoms in total. The fourth-order valence-corrected chi connectivity index (χ4v) is 1.44. The number of hydrogen-bond acceptors (Lipinski definition) is 4. The van der Waals surface area contributed by atoms with E-state index < -0.39 is 17.4 Å². The van der Waals surface area contributed by atoms with Crippen LogP contribution in [0.15, 0.2) is 28.4 Å². The smallest absolute Gasteiger partial charge is 0.323 e. The Kier molecular flexibility index (Phi) is 4.12.